The maximum Gasteiger partial charge on any atom is 0.179 e. The Labute approximate surface area is 134 Å². The van der Waals surface area contributed by atoms with Crippen molar-refractivity contribution in [2.45, 2.75) is 13.1 Å². The minimum Gasteiger partial charge on any atom is -0.493 e. The SMILES string of the molecule is COc1cc(CNCc2cccs2)cc(Cl)c1OC.Cl. The van der Waals surface area contributed by atoms with Crippen LogP contribution < -0.4 is 14.8 Å². The molecule has 0 saturated carbocycles. The Morgan fingerprint density at radius 3 is 2.60 bits per heavy atom. The van der Waals surface area contributed by atoms with Crippen LogP contribution in [0, 0.1) is 0 Å². The standard InChI is InChI=1S/C14H16ClNO2S.ClH/c1-17-13-7-10(6-12(15)14(13)18-2)8-16-9-11-4-3-5-19-11;/h3-7,16H,8-9H2,1-2H3;1H. The smallest absolute Gasteiger partial charge is 0.179 e. The van der Waals surface area contributed by atoms with Crippen molar-refractivity contribution in [3.8, 4) is 11.5 Å². The van der Waals surface area contributed by atoms with Gasteiger partial charge >= 0.3 is 0 Å². The number of ether oxygens (including phenoxy) is 2. The lowest BCUT2D eigenvalue weighted by molar-refractivity contribution is 0.354. The predicted octanol–water partition coefficient (Wildman–Crippen LogP) is 4.13. The summed E-state index contributed by atoms with van der Waals surface area (Å²) in [7, 11) is 3.19. The predicted molar refractivity (Wildman–Crippen MR) is 86.7 cm³/mol. The molecule has 1 aromatic carbocycles. The van der Waals surface area contributed by atoms with Crippen LogP contribution in [0.5, 0.6) is 11.5 Å². The van der Waals surface area contributed by atoms with Gasteiger partial charge in [0.2, 0.25) is 0 Å². The summed E-state index contributed by atoms with van der Waals surface area (Å²) in [6.45, 7) is 1.58. The monoisotopic (exact) mass is 333 g/mol. The number of hydrogen-bond acceptors (Lipinski definition) is 4. The third-order valence-corrected chi connectivity index (χ3v) is 3.86. The van der Waals surface area contributed by atoms with Crippen molar-refractivity contribution in [1.29, 1.82) is 0 Å². The van der Waals surface area contributed by atoms with Crippen LogP contribution in [-0.4, -0.2) is 14.2 Å². The summed E-state index contributed by atoms with van der Waals surface area (Å²) in [5.41, 5.74) is 1.07. The Bertz CT molecular complexity index is 532. The van der Waals surface area contributed by atoms with Crippen molar-refractivity contribution in [2.75, 3.05) is 14.2 Å². The van der Waals surface area contributed by atoms with E-state index < -0.39 is 0 Å². The molecule has 0 radical (unpaired) electrons. The second-order valence-electron chi connectivity index (χ2n) is 4.00. The molecule has 1 heterocycles. The van der Waals surface area contributed by atoms with E-state index >= 15 is 0 Å². The van der Waals surface area contributed by atoms with Crippen LogP contribution in [0.2, 0.25) is 5.02 Å². The zero-order valence-corrected chi connectivity index (χ0v) is 13.7. The summed E-state index contributed by atoms with van der Waals surface area (Å²) in [5.74, 6) is 1.23. The van der Waals surface area contributed by atoms with Crippen molar-refractivity contribution >= 4 is 35.3 Å². The van der Waals surface area contributed by atoms with Gasteiger partial charge < -0.3 is 14.8 Å². The Morgan fingerprint density at radius 1 is 1.20 bits per heavy atom. The zero-order valence-electron chi connectivity index (χ0n) is 11.3. The maximum absolute atomic E-state index is 6.16. The third kappa shape index (κ3) is 4.28. The Kier molecular flexibility index (Phi) is 7.16. The Balaban J connectivity index is 0.00000200. The fourth-order valence-electron chi connectivity index (χ4n) is 1.82. The van der Waals surface area contributed by atoms with E-state index in [1.807, 2.05) is 12.1 Å². The van der Waals surface area contributed by atoms with Gasteiger partial charge in [-0.3, -0.25) is 0 Å². The second kappa shape index (κ2) is 8.37. The lowest BCUT2D eigenvalue weighted by atomic mass is 10.2. The highest BCUT2D eigenvalue weighted by Crippen LogP contribution is 2.35. The molecule has 0 spiro atoms. The van der Waals surface area contributed by atoms with E-state index in [1.54, 1.807) is 25.6 Å². The van der Waals surface area contributed by atoms with Gasteiger partial charge in [-0.25, -0.2) is 0 Å². The van der Waals surface area contributed by atoms with Gasteiger partial charge in [0.25, 0.3) is 0 Å². The number of hydrogen-bond donors (Lipinski definition) is 1. The van der Waals surface area contributed by atoms with Crippen LogP contribution in [0.3, 0.4) is 0 Å². The first-order chi connectivity index (χ1) is 9.24. The lowest BCUT2D eigenvalue weighted by Gasteiger charge is -2.12. The van der Waals surface area contributed by atoms with Gasteiger partial charge in [0.05, 0.1) is 19.2 Å². The molecular weight excluding hydrogens is 317 g/mol. The van der Waals surface area contributed by atoms with Gasteiger partial charge in [-0.05, 0) is 29.1 Å². The molecule has 2 rings (SSSR count). The average Bonchev–Trinajstić information content (AvgIpc) is 2.91. The first-order valence-corrected chi connectivity index (χ1v) is 7.14. The molecule has 6 heteroatoms. The molecule has 0 aliphatic carbocycles. The second-order valence-corrected chi connectivity index (χ2v) is 5.44. The van der Waals surface area contributed by atoms with E-state index in [2.05, 4.69) is 22.8 Å². The Morgan fingerprint density at radius 2 is 2.00 bits per heavy atom. The molecule has 110 valence electrons. The molecule has 20 heavy (non-hydrogen) atoms. The van der Waals surface area contributed by atoms with Crippen LogP contribution in [0.25, 0.3) is 0 Å². The normalized spacial score (nSPS) is 9.95. The van der Waals surface area contributed by atoms with Crippen molar-refractivity contribution in [3.63, 3.8) is 0 Å². The molecule has 1 aromatic heterocycles. The molecule has 0 unspecified atom stereocenters. The van der Waals surface area contributed by atoms with E-state index in [0.717, 1.165) is 18.7 Å². The summed E-state index contributed by atoms with van der Waals surface area (Å²) >= 11 is 7.90. The molecule has 3 nitrogen and oxygen atoms in total. The van der Waals surface area contributed by atoms with E-state index in [1.165, 1.54) is 4.88 Å². The first-order valence-electron chi connectivity index (χ1n) is 5.88. The van der Waals surface area contributed by atoms with Gasteiger partial charge in [-0.1, -0.05) is 17.7 Å². The van der Waals surface area contributed by atoms with Gasteiger partial charge in [-0.2, -0.15) is 0 Å². The van der Waals surface area contributed by atoms with Crippen LogP contribution in [-0.2, 0) is 13.1 Å². The number of benzene rings is 1. The highest BCUT2D eigenvalue weighted by atomic mass is 35.5. The average molecular weight is 334 g/mol. The van der Waals surface area contributed by atoms with E-state index in [9.17, 15) is 0 Å². The van der Waals surface area contributed by atoms with Crippen LogP contribution >= 0.6 is 35.3 Å². The molecular formula is C14H17Cl2NO2S. The molecule has 2 aromatic rings. The summed E-state index contributed by atoms with van der Waals surface area (Å²) < 4.78 is 10.5. The molecule has 0 saturated heterocycles. The zero-order chi connectivity index (χ0) is 13.7. The van der Waals surface area contributed by atoms with Crippen LogP contribution in [0.15, 0.2) is 29.6 Å². The minimum absolute atomic E-state index is 0. The van der Waals surface area contributed by atoms with Crippen molar-refractivity contribution in [3.05, 3.63) is 45.1 Å². The van der Waals surface area contributed by atoms with Gasteiger partial charge in [0.1, 0.15) is 0 Å². The number of rotatable bonds is 6. The summed E-state index contributed by atoms with van der Waals surface area (Å²) in [5, 5.41) is 6.01. The topological polar surface area (TPSA) is 30.5 Å². The van der Waals surface area contributed by atoms with E-state index in [0.29, 0.717) is 16.5 Å². The van der Waals surface area contributed by atoms with Crippen LogP contribution in [0.1, 0.15) is 10.4 Å². The molecule has 0 atom stereocenters. The molecule has 0 amide bonds. The highest BCUT2D eigenvalue weighted by Gasteiger charge is 2.10. The minimum atomic E-state index is 0. The largest absolute Gasteiger partial charge is 0.493 e. The van der Waals surface area contributed by atoms with Crippen molar-refractivity contribution in [2.24, 2.45) is 0 Å². The lowest BCUT2D eigenvalue weighted by Crippen LogP contribution is -2.12. The number of thiophene rings is 1. The maximum atomic E-state index is 6.16. The summed E-state index contributed by atoms with van der Waals surface area (Å²) in [6, 6.07) is 7.99. The van der Waals surface area contributed by atoms with Gasteiger partial charge in [-0.15, -0.1) is 23.7 Å². The summed E-state index contributed by atoms with van der Waals surface area (Å²) in [4.78, 5) is 1.31. The summed E-state index contributed by atoms with van der Waals surface area (Å²) in [6.07, 6.45) is 0. The van der Waals surface area contributed by atoms with Gasteiger partial charge in [0, 0.05) is 18.0 Å². The molecule has 0 aliphatic heterocycles. The Hall–Kier alpha value is -0.940. The number of methoxy groups -OCH3 is 2. The van der Waals surface area contributed by atoms with Gasteiger partial charge in [0.15, 0.2) is 11.5 Å². The number of nitrogens with one attached hydrogen (secondary N) is 1. The van der Waals surface area contributed by atoms with Crippen molar-refractivity contribution < 1.29 is 9.47 Å². The van der Waals surface area contributed by atoms with E-state index in [4.69, 9.17) is 21.1 Å². The quantitative estimate of drug-likeness (QED) is 0.862. The molecule has 0 fully saturated rings. The van der Waals surface area contributed by atoms with E-state index in [-0.39, 0.29) is 12.4 Å². The molecule has 1 N–H and O–H groups in total. The van der Waals surface area contributed by atoms with Crippen LogP contribution in [0.4, 0.5) is 0 Å². The van der Waals surface area contributed by atoms with Crippen molar-refractivity contribution in [1.82, 2.24) is 5.32 Å². The number of halogens is 2. The fourth-order valence-corrected chi connectivity index (χ4v) is 2.80. The third-order valence-electron chi connectivity index (χ3n) is 2.70. The highest BCUT2D eigenvalue weighted by molar-refractivity contribution is 7.09. The molecule has 0 aliphatic rings. The first kappa shape index (κ1) is 17.1. The fraction of sp³-hybridized carbons (Fsp3) is 0.286. The molecule has 0 bridgehead atoms.